The van der Waals surface area contributed by atoms with Crippen LogP contribution in [-0.2, 0) is 4.74 Å². The van der Waals surface area contributed by atoms with Gasteiger partial charge in [0.15, 0.2) is 11.5 Å². The van der Waals surface area contributed by atoms with Crippen LogP contribution >= 0.6 is 0 Å². The molecule has 0 bridgehead atoms. The molecule has 1 amide bonds. The second-order valence-corrected chi connectivity index (χ2v) is 6.97. The van der Waals surface area contributed by atoms with E-state index in [9.17, 15) is 9.90 Å². The van der Waals surface area contributed by atoms with Crippen LogP contribution < -0.4 is 4.74 Å². The molecule has 0 spiro atoms. The molecule has 0 atom stereocenters. The van der Waals surface area contributed by atoms with E-state index in [4.69, 9.17) is 9.47 Å². The number of likely N-dealkylation sites (tertiary alicyclic amines) is 1. The number of phenolic OH excluding ortho intramolecular Hbond substituents is 1. The molecule has 1 saturated heterocycles. The molecule has 1 aliphatic heterocycles. The quantitative estimate of drug-likeness (QED) is 0.757. The van der Waals surface area contributed by atoms with Crippen molar-refractivity contribution in [1.82, 2.24) is 4.90 Å². The van der Waals surface area contributed by atoms with Crippen LogP contribution in [0.1, 0.15) is 67.9 Å². The molecule has 5 nitrogen and oxygen atoms in total. The highest BCUT2D eigenvalue weighted by Crippen LogP contribution is 2.38. The number of nitrogens with zero attached hydrogens (tertiary/aromatic N) is 1. The predicted octanol–water partition coefficient (Wildman–Crippen LogP) is 4.51. The summed E-state index contributed by atoms with van der Waals surface area (Å²) >= 11 is 0. The van der Waals surface area contributed by atoms with Gasteiger partial charge in [-0.15, -0.1) is 0 Å². The number of ether oxygens (including phenoxy) is 2. The summed E-state index contributed by atoms with van der Waals surface area (Å²) in [7, 11) is 1.51. The Kier molecular flexibility index (Phi) is 6.95. The lowest BCUT2D eigenvalue weighted by molar-refractivity contribution is 0.0721. The number of aromatic hydroxyl groups is 1. The molecule has 1 aliphatic rings. The number of hydrogen-bond acceptors (Lipinski definition) is 4. The summed E-state index contributed by atoms with van der Waals surface area (Å²) in [5.41, 5.74) is 1.72. The number of carbonyl (C=O) groups is 1. The number of amides is 1. The molecule has 1 fully saturated rings. The van der Waals surface area contributed by atoms with Crippen LogP contribution in [-0.4, -0.2) is 42.2 Å². The maximum absolute atomic E-state index is 13.3. The van der Waals surface area contributed by atoms with Crippen molar-refractivity contribution in [3.63, 3.8) is 0 Å². The van der Waals surface area contributed by atoms with Gasteiger partial charge < -0.3 is 19.5 Å². The Bertz CT molecular complexity index is 673. The zero-order valence-electron chi connectivity index (χ0n) is 16.6. The fourth-order valence-electron chi connectivity index (χ4n) is 3.32. The SMILES string of the molecule is CCC=C(OC(C)C)c1cc(OC)c(O)c(C)c1C(=O)N1CCCCC1. The number of methoxy groups -OCH3 is 1. The van der Waals surface area contributed by atoms with Gasteiger partial charge in [-0.1, -0.05) is 6.92 Å². The Morgan fingerprint density at radius 3 is 2.50 bits per heavy atom. The van der Waals surface area contributed by atoms with Crippen molar-refractivity contribution in [1.29, 1.82) is 0 Å². The van der Waals surface area contributed by atoms with Gasteiger partial charge >= 0.3 is 0 Å². The third kappa shape index (κ3) is 4.32. The molecule has 0 radical (unpaired) electrons. The smallest absolute Gasteiger partial charge is 0.255 e. The van der Waals surface area contributed by atoms with E-state index in [2.05, 4.69) is 0 Å². The van der Waals surface area contributed by atoms with E-state index in [0.29, 0.717) is 28.2 Å². The number of piperidine rings is 1. The third-order valence-corrected chi connectivity index (χ3v) is 4.60. The number of rotatable bonds is 6. The van der Waals surface area contributed by atoms with E-state index >= 15 is 0 Å². The molecule has 1 heterocycles. The Labute approximate surface area is 156 Å². The Hall–Kier alpha value is -2.17. The summed E-state index contributed by atoms with van der Waals surface area (Å²) in [6.07, 6.45) is 5.91. The molecule has 1 aromatic rings. The molecule has 0 unspecified atom stereocenters. The minimum atomic E-state index is -0.0514. The van der Waals surface area contributed by atoms with Gasteiger partial charge in [0, 0.05) is 24.2 Å². The number of carbonyl (C=O) groups excluding carboxylic acids is 1. The maximum Gasteiger partial charge on any atom is 0.255 e. The third-order valence-electron chi connectivity index (χ3n) is 4.60. The molecular formula is C21H31NO4. The van der Waals surface area contributed by atoms with Crippen LogP contribution in [0.5, 0.6) is 11.5 Å². The minimum Gasteiger partial charge on any atom is -0.504 e. The largest absolute Gasteiger partial charge is 0.504 e. The Balaban J connectivity index is 2.61. The van der Waals surface area contributed by atoms with Gasteiger partial charge in [-0.2, -0.15) is 0 Å². The van der Waals surface area contributed by atoms with Gasteiger partial charge in [0.05, 0.1) is 18.8 Å². The van der Waals surface area contributed by atoms with E-state index in [-0.39, 0.29) is 17.8 Å². The van der Waals surface area contributed by atoms with Gasteiger partial charge in [0.1, 0.15) is 5.76 Å². The molecular weight excluding hydrogens is 330 g/mol. The van der Waals surface area contributed by atoms with Gasteiger partial charge in [-0.05, 0) is 58.6 Å². The van der Waals surface area contributed by atoms with Crippen molar-refractivity contribution in [3.8, 4) is 11.5 Å². The van der Waals surface area contributed by atoms with Crippen molar-refractivity contribution in [2.24, 2.45) is 0 Å². The first-order valence-electron chi connectivity index (χ1n) is 9.47. The first kappa shape index (κ1) is 20.1. The lowest BCUT2D eigenvalue weighted by Crippen LogP contribution is -2.36. The summed E-state index contributed by atoms with van der Waals surface area (Å²) in [5, 5.41) is 10.5. The molecule has 2 rings (SSSR count). The molecule has 0 aliphatic carbocycles. The van der Waals surface area contributed by atoms with Crippen LogP contribution in [0.25, 0.3) is 5.76 Å². The van der Waals surface area contributed by atoms with Crippen molar-refractivity contribution in [3.05, 3.63) is 28.8 Å². The first-order valence-corrected chi connectivity index (χ1v) is 9.47. The number of allylic oxidation sites excluding steroid dienone is 1. The molecule has 26 heavy (non-hydrogen) atoms. The zero-order chi connectivity index (χ0) is 19.3. The van der Waals surface area contributed by atoms with Gasteiger partial charge in [-0.3, -0.25) is 4.79 Å². The number of benzene rings is 1. The predicted molar refractivity (Wildman–Crippen MR) is 104 cm³/mol. The van der Waals surface area contributed by atoms with E-state index in [1.165, 1.54) is 7.11 Å². The fraction of sp³-hybridized carbons (Fsp3) is 0.571. The molecule has 0 aromatic heterocycles. The molecule has 1 N–H and O–H groups in total. The summed E-state index contributed by atoms with van der Waals surface area (Å²) in [6.45, 7) is 9.21. The van der Waals surface area contributed by atoms with E-state index in [1.54, 1.807) is 13.0 Å². The highest BCUT2D eigenvalue weighted by molar-refractivity contribution is 6.01. The normalized spacial score (nSPS) is 15.3. The van der Waals surface area contributed by atoms with Crippen LogP contribution in [0.3, 0.4) is 0 Å². The molecule has 0 saturated carbocycles. The Morgan fingerprint density at radius 1 is 1.31 bits per heavy atom. The van der Waals surface area contributed by atoms with Crippen LogP contribution in [0.15, 0.2) is 12.1 Å². The van der Waals surface area contributed by atoms with Crippen LogP contribution in [0.4, 0.5) is 0 Å². The van der Waals surface area contributed by atoms with Crippen molar-refractivity contribution in [2.75, 3.05) is 20.2 Å². The summed E-state index contributed by atoms with van der Waals surface area (Å²) in [6, 6.07) is 1.71. The lowest BCUT2D eigenvalue weighted by atomic mass is 9.96. The van der Waals surface area contributed by atoms with Gasteiger partial charge in [0.2, 0.25) is 0 Å². The van der Waals surface area contributed by atoms with E-state index in [0.717, 1.165) is 38.8 Å². The minimum absolute atomic E-state index is 0.0111. The fourth-order valence-corrected chi connectivity index (χ4v) is 3.32. The standard InChI is InChI=1S/C21H31NO4/c1-6-10-17(26-14(2)3)16-13-18(25-5)20(23)15(4)19(16)21(24)22-11-8-7-9-12-22/h10,13-14,23H,6-9,11-12H2,1-5H3. The van der Waals surface area contributed by atoms with E-state index in [1.807, 2.05) is 31.7 Å². The highest BCUT2D eigenvalue weighted by atomic mass is 16.5. The summed E-state index contributed by atoms with van der Waals surface area (Å²) in [4.78, 5) is 15.2. The maximum atomic E-state index is 13.3. The number of hydrogen-bond donors (Lipinski definition) is 1. The van der Waals surface area contributed by atoms with Gasteiger partial charge in [-0.25, -0.2) is 0 Å². The topological polar surface area (TPSA) is 59.0 Å². The zero-order valence-corrected chi connectivity index (χ0v) is 16.6. The van der Waals surface area contributed by atoms with E-state index < -0.39 is 0 Å². The molecule has 1 aromatic carbocycles. The average molecular weight is 361 g/mol. The molecule has 5 heteroatoms. The average Bonchev–Trinajstić information content (AvgIpc) is 2.63. The monoisotopic (exact) mass is 361 g/mol. The van der Waals surface area contributed by atoms with Gasteiger partial charge in [0.25, 0.3) is 5.91 Å². The summed E-state index contributed by atoms with van der Waals surface area (Å²) < 4.78 is 11.3. The highest BCUT2D eigenvalue weighted by Gasteiger charge is 2.28. The van der Waals surface area contributed by atoms with Crippen molar-refractivity contribution in [2.45, 2.75) is 59.5 Å². The summed E-state index contributed by atoms with van der Waals surface area (Å²) in [5.74, 6) is 0.966. The molecule has 144 valence electrons. The lowest BCUT2D eigenvalue weighted by Gasteiger charge is -2.29. The van der Waals surface area contributed by atoms with Crippen molar-refractivity contribution < 1.29 is 19.4 Å². The number of phenols is 1. The second-order valence-electron chi connectivity index (χ2n) is 6.97. The Morgan fingerprint density at radius 2 is 1.96 bits per heavy atom. The van der Waals surface area contributed by atoms with Crippen molar-refractivity contribution >= 4 is 11.7 Å². The van der Waals surface area contributed by atoms with Crippen LogP contribution in [0.2, 0.25) is 0 Å². The first-order chi connectivity index (χ1) is 12.4. The van der Waals surface area contributed by atoms with Crippen LogP contribution in [0, 0.1) is 6.92 Å². The second kappa shape index (κ2) is 8.97.